The van der Waals surface area contributed by atoms with Crippen LogP contribution in [-0.2, 0) is 4.74 Å². The molecule has 28 heavy (non-hydrogen) atoms. The van der Waals surface area contributed by atoms with Crippen LogP contribution in [0.25, 0.3) is 10.2 Å². The highest BCUT2D eigenvalue weighted by Crippen LogP contribution is 2.34. The van der Waals surface area contributed by atoms with E-state index < -0.39 is 0 Å². The molecule has 1 amide bonds. The van der Waals surface area contributed by atoms with Crippen LogP contribution in [0.1, 0.15) is 16.1 Å². The maximum Gasteiger partial charge on any atom is 0.295 e. The van der Waals surface area contributed by atoms with Crippen LogP contribution in [0, 0.1) is 6.92 Å². The van der Waals surface area contributed by atoms with Crippen LogP contribution in [-0.4, -0.2) is 55.2 Å². The van der Waals surface area contributed by atoms with Crippen LogP contribution in [0.5, 0.6) is 0 Å². The Bertz CT molecular complexity index is 1000. The van der Waals surface area contributed by atoms with Crippen molar-refractivity contribution in [2.45, 2.75) is 6.92 Å². The first kappa shape index (κ1) is 19.8. The van der Waals surface area contributed by atoms with E-state index in [4.69, 9.17) is 25.7 Å². The SMILES string of the molecule is Cc1cc(Cl)cc2sc(N(CCN3CCOCC3)C(=O)c3ccc(Br)o3)nc12. The second kappa shape index (κ2) is 8.51. The van der Waals surface area contributed by atoms with E-state index >= 15 is 0 Å². The number of thiazole rings is 1. The van der Waals surface area contributed by atoms with E-state index in [1.165, 1.54) is 11.3 Å². The minimum Gasteiger partial charge on any atom is -0.444 e. The van der Waals surface area contributed by atoms with Gasteiger partial charge < -0.3 is 9.15 Å². The van der Waals surface area contributed by atoms with Gasteiger partial charge in [-0.15, -0.1) is 0 Å². The largest absolute Gasteiger partial charge is 0.444 e. The third kappa shape index (κ3) is 4.26. The number of amides is 1. The topological polar surface area (TPSA) is 58.8 Å². The molecule has 2 aromatic heterocycles. The predicted molar refractivity (Wildman–Crippen MR) is 115 cm³/mol. The number of ether oxygens (including phenoxy) is 1. The van der Waals surface area contributed by atoms with Gasteiger partial charge in [0.05, 0.1) is 23.4 Å². The summed E-state index contributed by atoms with van der Waals surface area (Å²) in [6.07, 6.45) is 0. The quantitative estimate of drug-likeness (QED) is 0.530. The Morgan fingerprint density at radius 1 is 1.36 bits per heavy atom. The molecule has 1 saturated heterocycles. The van der Waals surface area contributed by atoms with Crippen LogP contribution in [0.4, 0.5) is 5.13 Å². The summed E-state index contributed by atoms with van der Waals surface area (Å²) in [6, 6.07) is 7.16. The number of halogens is 2. The third-order valence-electron chi connectivity index (χ3n) is 4.64. The van der Waals surface area contributed by atoms with E-state index in [1.807, 2.05) is 19.1 Å². The average Bonchev–Trinajstić information content (AvgIpc) is 3.29. The lowest BCUT2D eigenvalue weighted by molar-refractivity contribution is 0.0390. The molecule has 1 aromatic carbocycles. The molecule has 3 aromatic rings. The molecule has 0 radical (unpaired) electrons. The predicted octanol–water partition coefficient (Wildman–Crippen LogP) is 4.59. The number of carbonyl (C=O) groups excluding carboxylic acids is 1. The molecule has 0 unspecified atom stereocenters. The molecular weight excluding hydrogens is 466 g/mol. The minimum absolute atomic E-state index is 0.207. The van der Waals surface area contributed by atoms with Crippen molar-refractivity contribution in [3.05, 3.63) is 45.3 Å². The maximum atomic E-state index is 13.2. The normalized spacial score (nSPS) is 15.2. The van der Waals surface area contributed by atoms with Gasteiger partial charge in [-0.25, -0.2) is 4.98 Å². The number of morpholine rings is 1. The number of fused-ring (bicyclic) bond motifs is 1. The standard InChI is InChI=1S/C19H19BrClN3O3S/c1-12-10-13(21)11-15-17(12)22-19(28-15)24(5-4-23-6-8-26-9-7-23)18(25)14-2-3-16(20)27-14/h2-3,10-11H,4-9H2,1H3. The van der Waals surface area contributed by atoms with E-state index in [0.717, 1.165) is 48.6 Å². The minimum atomic E-state index is -0.207. The third-order valence-corrected chi connectivity index (χ3v) is 6.31. The molecule has 1 fully saturated rings. The van der Waals surface area contributed by atoms with Gasteiger partial charge >= 0.3 is 0 Å². The van der Waals surface area contributed by atoms with Gasteiger partial charge in [-0.1, -0.05) is 22.9 Å². The van der Waals surface area contributed by atoms with Crippen molar-refractivity contribution in [1.82, 2.24) is 9.88 Å². The van der Waals surface area contributed by atoms with E-state index in [-0.39, 0.29) is 11.7 Å². The molecule has 148 valence electrons. The molecule has 4 rings (SSSR count). The molecule has 0 saturated carbocycles. The molecule has 0 bridgehead atoms. The smallest absolute Gasteiger partial charge is 0.295 e. The summed E-state index contributed by atoms with van der Waals surface area (Å²) in [7, 11) is 0. The maximum absolute atomic E-state index is 13.2. The van der Waals surface area contributed by atoms with Crippen LogP contribution in [0.2, 0.25) is 5.02 Å². The summed E-state index contributed by atoms with van der Waals surface area (Å²) in [5, 5.41) is 1.31. The first-order valence-electron chi connectivity index (χ1n) is 8.95. The Morgan fingerprint density at radius 2 is 2.14 bits per heavy atom. The fourth-order valence-corrected chi connectivity index (χ4v) is 4.92. The zero-order valence-electron chi connectivity index (χ0n) is 15.3. The number of aromatic nitrogens is 1. The summed E-state index contributed by atoms with van der Waals surface area (Å²) in [5.41, 5.74) is 1.86. The second-order valence-electron chi connectivity index (χ2n) is 6.58. The molecule has 0 N–H and O–H groups in total. The van der Waals surface area contributed by atoms with Gasteiger partial charge in [0.2, 0.25) is 0 Å². The number of benzene rings is 1. The van der Waals surface area contributed by atoms with Gasteiger partial charge in [0.1, 0.15) is 0 Å². The lowest BCUT2D eigenvalue weighted by Crippen LogP contribution is -2.43. The van der Waals surface area contributed by atoms with Gasteiger partial charge in [0, 0.05) is 31.2 Å². The first-order valence-corrected chi connectivity index (χ1v) is 10.9. The number of aryl methyl sites for hydroxylation is 1. The fraction of sp³-hybridized carbons (Fsp3) is 0.368. The molecule has 0 spiro atoms. The van der Waals surface area contributed by atoms with Crippen LogP contribution >= 0.6 is 38.9 Å². The van der Waals surface area contributed by atoms with Crippen molar-refractivity contribution in [2.24, 2.45) is 0 Å². The molecule has 3 heterocycles. The van der Waals surface area contributed by atoms with E-state index in [1.54, 1.807) is 17.0 Å². The first-order chi connectivity index (χ1) is 13.5. The van der Waals surface area contributed by atoms with Crippen molar-refractivity contribution in [1.29, 1.82) is 0 Å². The van der Waals surface area contributed by atoms with Crippen LogP contribution in [0.3, 0.4) is 0 Å². The number of furan rings is 1. The second-order valence-corrected chi connectivity index (χ2v) is 8.81. The summed E-state index contributed by atoms with van der Waals surface area (Å²) in [4.78, 5) is 21.9. The van der Waals surface area contributed by atoms with E-state index in [2.05, 4.69) is 20.8 Å². The van der Waals surface area contributed by atoms with Gasteiger partial charge in [-0.3, -0.25) is 14.6 Å². The lowest BCUT2D eigenvalue weighted by atomic mass is 10.2. The number of nitrogens with zero attached hydrogens (tertiary/aromatic N) is 3. The van der Waals surface area contributed by atoms with Crippen LogP contribution < -0.4 is 4.90 Å². The van der Waals surface area contributed by atoms with Crippen molar-refractivity contribution in [3.63, 3.8) is 0 Å². The van der Waals surface area contributed by atoms with E-state index in [0.29, 0.717) is 21.4 Å². The summed E-state index contributed by atoms with van der Waals surface area (Å²) in [6.45, 7) is 6.40. The number of carbonyl (C=O) groups is 1. The van der Waals surface area contributed by atoms with Gasteiger partial charge in [0.25, 0.3) is 5.91 Å². The van der Waals surface area contributed by atoms with Crippen molar-refractivity contribution < 1.29 is 13.9 Å². The fourth-order valence-electron chi connectivity index (χ4n) is 3.17. The molecular formula is C19H19BrClN3O3S. The summed E-state index contributed by atoms with van der Waals surface area (Å²) >= 11 is 10.9. The average molecular weight is 485 g/mol. The Kier molecular flexibility index (Phi) is 6.03. The number of rotatable bonds is 5. The van der Waals surface area contributed by atoms with Gasteiger partial charge in [-0.2, -0.15) is 0 Å². The van der Waals surface area contributed by atoms with Crippen molar-refractivity contribution in [2.75, 3.05) is 44.3 Å². The summed E-state index contributed by atoms with van der Waals surface area (Å²) in [5.74, 6) is 0.0737. The Labute approximate surface area is 180 Å². The highest BCUT2D eigenvalue weighted by Gasteiger charge is 2.25. The molecule has 9 heteroatoms. The number of hydrogen-bond acceptors (Lipinski definition) is 6. The number of hydrogen-bond donors (Lipinski definition) is 0. The lowest BCUT2D eigenvalue weighted by Gasteiger charge is -2.28. The van der Waals surface area contributed by atoms with Gasteiger partial charge in [0.15, 0.2) is 15.6 Å². The monoisotopic (exact) mass is 483 g/mol. The van der Waals surface area contributed by atoms with Gasteiger partial charge in [-0.05, 0) is 52.7 Å². The highest BCUT2D eigenvalue weighted by molar-refractivity contribution is 9.10. The Morgan fingerprint density at radius 3 is 2.86 bits per heavy atom. The molecule has 0 atom stereocenters. The zero-order chi connectivity index (χ0) is 19.7. The molecule has 6 nitrogen and oxygen atoms in total. The van der Waals surface area contributed by atoms with Crippen LogP contribution in [0.15, 0.2) is 33.4 Å². The highest BCUT2D eigenvalue weighted by atomic mass is 79.9. The Balaban J connectivity index is 1.65. The van der Waals surface area contributed by atoms with Crippen molar-refractivity contribution in [3.8, 4) is 0 Å². The van der Waals surface area contributed by atoms with E-state index in [9.17, 15) is 4.79 Å². The molecule has 1 aliphatic heterocycles. The van der Waals surface area contributed by atoms with Crippen molar-refractivity contribution >= 4 is 60.1 Å². The Hall–Kier alpha value is -1.45. The summed E-state index contributed by atoms with van der Waals surface area (Å²) < 4.78 is 12.4. The molecule has 1 aliphatic rings. The number of anilines is 1. The zero-order valence-corrected chi connectivity index (χ0v) is 18.4. The molecule has 0 aliphatic carbocycles.